The van der Waals surface area contributed by atoms with Gasteiger partial charge in [0.2, 0.25) is 5.78 Å². The van der Waals surface area contributed by atoms with Crippen molar-refractivity contribution in [3.63, 3.8) is 0 Å². The SMILES string of the molecule is CCn1cccc1C(=O)c1c(C)cc2n1CCCC2C(=O)O. The van der Waals surface area contributed by atoms with Gasteiger partial charge in [-0.15, -0.1) is 0 Å². The second kappa shape index (κ2) is 5.48. The van der Waals surface area contributed by atoms with Gasteiger partial charge in [-0.05, 0) is 50.5 Å². The van der Waals surface area contributed by atoms with Gasteiger partial charge in [0.25, 0.3) is 0 Å². The van der Waals surface area contributed by atoms with Gasteiger partial charge < -0.3 is 14.2 Å². The first-order valence-corrected chi connectivity index (χ1v) is 7.67. The molecule has 116 valence electrons. The summed E-state index contributed by atoms with van der Waals surface area (Å²) in [5, 5.41) is 9.39. The molecule has 22 heavy (non-hydrogen) atoms. The molecular weight excluding hydrogens is 280 g/mol. The molecule has 3 heterocycles. The van der Waals surface area contributed by atoms with Crippen molar-refractivity contribution in [3.8, 4) is 0 Å². The van der Waals surface area contributed by atoms with Crippen LogP contribution in [-0.4, -0.2) is 26.0 Å². The maximum Gasteiger partial charge on any atom is 0.312 e. The van der Waals surface area contributed by atoms with E-state index < -0.39 is 11.9 Å². The first-order valence-electron chi connectivity index (χ1n) is 7.67. The summed E-state index contributed by atoms with van der Waals surface area (Å²) in [7, 11) is 0. The number of ketones is 1. The standard InChI is InChI=1S/C17H20N2O3/c1-3-18-8-5-7-13(18)16(20)15-11(2)10-14-12(17(21)22)6-4-9-19(14)15/h5,7-8,10,12H,3-4,6,9H2,1-2H3,(H,21,22). The summed E-state index contributed by atoms with van der Waals surface area (Å²) >= 11 is 0. The zero-order chi connectivity index (χ0) is 15.9. The summed E-state index contributed by atoms with van der Waals surface area (Å²) in [6.07, 6.45) is 3.31. The highest BCUT2D eigenvalue weighted by molar-refractivity contribution is 6.08. The third-order valence-corrected chi connectivity index (χ3v) is 4.47. The second-order valence-electron chi connectivity index (χ2n) is 5.79. The molecule has 0 radical (unpaired) electrons. The highest BCUT2D eigenvalue weighted by Gasteiger charge is 2.31. The highest BCUT2D eigenvalue weighted by Crippen LogP contribution is 2.32. The van der Waals surface area contributed by atoms with E-state index in [0.29, 0.717) is 24.4 Å². The molecule has 1 aliphatic heterocycles. The molecule has 3 rings (SSSR count). The van der Waals surface area contributed by atoms with Crippen molar-refractivity contribution in [2.75, 3.05) is 0 Å². The van der Waals surface area contributed by atoms with Crippen LogP contribution in [-0.2, 0) is 17.9 Å². The fourth-order valence-electron chi connectivity index (χ4n) is 3.41. The molecule has 0 saturated heterocycles. The van der Waals surface area contributed by atoms with E-state index in [-0.39, 0.29) is 5.78 Å². The minimum atomic E-state index is -0.811. The second-order valence-corrected chi connectivity index (χ2v) is 5.79. The van der Waals surface area contributed by atoms with E-state index in [1.54, 1.807) is 0 Å². The molecule has 0 fully saturated rings. The zero-order valence-corrected chi connectivity index (χ0v) is 12.9. The maximum atomic E-state index is 12.9. The van der Waals surface area contributed by atoms with Gasteiger partial charge in [-0.1, -0.05) is 0 Å². The van der Waals surface area contributed by atoms with Gasteiger partial charge in [-0.25, -0.2) is 0 Å². The summed E-state index contributed by atoms with van der Waals surface area (Å²) in [4.78, 5) is 24.4. The lowest BCUT2D eigenvalue weighted by Gasteiger charge is -2.23. The Kier molecular flexibility index (Phi) is 3.64. The van der Waals surface area contributed by atoms with Gasteiger partial charge >= 0.3 is 5.97 Å². The first-order chi connectivity index (χ1) is 10.5. The molecule has 5 heteroatoms. The summed E-state index contributed by atoms with van der Waals surface area (Å²) < 4.78 is 3.83. The smallest absolute Gasteiger partial charge is 0.312 e. The number of hydrogen-bond donors (Lipinski definition) is 1. The molecule has 0 bridgehead atoms. The molecule has 0 spiro atoms. The molecule has 0 saturated carbocycles. The van der Waals surface area contributed by atoms with Crippen LogP contribution in [0.25, 0.3) is 0 Å². The quantitative estimate of drug-likeness (QED) is 0.883. The van der Waals surface area contributed by atoms with Gasteiger partial charge in [0, 0.05) is 25.0 Å². The van der Waals surface area contributed by atoms with Crippen molar-refractivity contribution < 1.29 is 14.7 Å². The van der Waals surface area contributed by atoms with Gasteiger partial charge in [0.15, 0.2) is 0 Å². The minimum Gasteiger partial charge on any atom is -0.481 e. The predicted octanol–water partition coefficient (Wildman–Crippen LogP) is 2.81. The van der Waals surface area contributed by atoms with E-state index in [1.807, 2.05) is 47.4 Å². The fraction of sp³-hybridized carbons (Fsp3) is 0.412. The van der Waals surface area contributed by atoms with Crippen molar-refractivity contribution in [1.29, 1.82) is 0 Å². The molecular formula is C17H20N2O3. The number of carbonyl (C=O) groups is 2. The average Bonchev–Trinajstić information content (AvgIpc) is 3.08. The molecule has 0 amide bonds. The van der Waals surface area contributed by atoms with Gasteiger partial charge in [-0.2, -0.15) is 0 Å². The summed E-state index contributed by atoms with van der Waals surface area (Å²) in [6.45, 7) is 5.33. The summed E-state index contributed by atoms with van der Waals surface area (Å²) in [5.74, 6) is -1.34. The van der Waals surface area contributed by atoms with Crippen LogP contribution >= 0.6 is 0 Å². The van der Waals surface area contributed by atoms with Crippen molar-refractivity contribution in [2.24, 2.45) is 0 Å². The molecule has 5 nitrogen and oxygen atoms in total. The molecule has 1 N–H and O–H groups in total. The van der Waals surface area contributed by atoms with Crippen LogP contribution in [0.5, 0.6) is 0 Å². The highest BCUT2D eigenvalue weighted by atomic mass is 16.4. The van der Waals surface area contributed by atoms with Gasteiger partial charge in [0.05, 0.1) is 17.3 Å². The summed E-state index contributed by atoms with van der Waals surface area (Å²) in [5.41, 5.74) is 2.91. The van der Waals surface area contributed by atoms with E-state index in [1.165, 1.54) is 0 Å². The van der Waals surface area contributed by atoms with Gasteiger partial charge in [0.1, 0.15) is 0 Å². The number of fused-ring (bicyclic) bond motifs is 1. The number of nitrogens with zero attached hydrogens (tertiary/aromatic N) is 2. The molecule has 1 atom stereocenters. The largest absolute Gasteiger partial charge is 0.481 e. The molecule has 1 unspecified atom stereocenters. The Morgan fingerprint density at radius 2 is 2.18 bits per heavy atom. The van der Waals surface area contributed by atoms with Crippen LogP contribution in [0.15, 0.2) is 24.4 Å². The predicted molar refractivity (Wildman–Crippen MR) is 82.3 cm³/mol. The van der Waals surface area contributed by atoms with E-state index in [4.69, 9.17) is 0 Å². The Balaban J connectivity index is 2.09. The van der Waals surface area contributed by atoms with Gasteiger partial charge in [-0.3, -0.25) is 9.59 Å². The minimum absolute atomic E-state index is 0.0263. The van der Waals surface area contributed by atoms with Crippen molar-refractivity contribution in [1.82, 2.24) is 9.13 Å². The number of carboxylic acids is 1. The van der Waals surface area contributed by atoms with Crippen LogP contribution in [0.2, 0.25) is 0 Å². The third kappa shape index (κ3) is 2.17. The van der Waals surface area contributed by atoms with Crippen LogP contribution in [0.4, 0.5) is 0 Å². The third-order valence-electron chi connectivity index (χ3n) is 4.47. The Hall–Kier alpha value is -2.30. The molecule has 1 aliphatic rings. The van der Waals surface area contributed by atoms with Crippen LogP contribution in [0.3, 0.4) is 0 Å². The maximum absolute atomic E-state index is 12.9. The molecule has 0 aromatic carbocycles. The normalized spacial score (nSPS) is 17.3. The van der Waals surface area contributed by atoms with Crippen LogP contribution in [0, 0.1) is 6.92 Å². The number of aryl methyl sites for hydroxylation is 2. The van der Waals surface area contributed by atoms with E-state index >= 15 is 0 Å². The Labute approximate surface area is 129 Å². The molecule has 2 aromatic rings. The molecule has 2 aromatic heterocycles. The Morgan fingerprint density at radius 3 is 2.86 bits per heavy atom. The molecule has 0 aliphatic carbocycles. The lowest BCUT2D eigenvalue weighted by atomic mass is 9.96. The average molecular weight is 300 g/mol. The van der Waals surface area contributed by atoms with E-state index in [2.05, 4.69) is 0 Å². The van der Waals surface area contributed by atoms with E-state index in [9.17, 15) is 14.7 Å². The first kappa shape index (κ1) is 14.6. The fourth-order valence-corrected chi connectivity index (χ4v) is 3.41. The van der Waals surface area contributed by atoms with Crippen molar-refractivity contribution in [3.05, 3.63) is 47.0 Å². The summed E-state index contributed by atoms with van der Waals surface area (Å²) in [6, 6.07) is 5.55. The zero-order valence-electron chi connectivity index (χ0n) is 12.9. The number of rotatable bonds is 4. The lowest BCUT2D eigenvalue weighted by molar-refractivity contribution is -0.139. The number of carbonyl (C=O) groups excluding carboxylic acids is 1. The monoisotopic (exact) mass is 300 g/mol. The number of aromatic nitrogens is 2. The van der Waals surface area contributed by atoms with Crippen molar-refractivity contribution >= 4 is 11.8 Å². The van der Waals surface area contributed by atoms with Crippen LogP contribution in [0.1, 0.15) is 53.1 Å². The number of aliphatic carboxylic acids is 1. The Morgan fingerprint density at radius 1 is 1.41 bits per heavy atom. The van der Waals surface area contributed by atoms with E-state index in [0.717, 1.165) is 24.2 Å². The van der Waals surface area contributed by atoms with Crippen LogP contribution < -0.4 is 0 Å². The Bertz CT molecular complexity index is 739. The topological polar surface area (TPSA) is 64.2 Å². The number of hydrogen-bond acceptors (Lipinski definition) is 2. The van der Waals surface area contributed by atoms with Crippen molar-refractivity contribution in [2.45, 2.75) is 45.7 Å². The lowest BCUT2D eigenvalue weighted by Crippen LogP contribution is -2.24. The number of carboxylic acid groups (broad SMARTS) is 1.